The monoisotopic (exact) mass is 1080 g/mol. The van der Waals surface area contributed by atoms with Crippen LogP contribution in [0.15, 0.2) is 230 Å². The molecule has 1 aliphatic heterocycles. The second-order valence-corrected chi connectivity index (χ2v) is 21.6. The number of thiazole rings is 1. The van der Waals surface area contributed by atoms with E-state index < -0.39 is 0 Å². The van der Waals surface area contributed by atoms with Gasteiger partial charge in [0.2, 0.25) is 24.4 Å². The van der Waals surface area contributed by atoms with E-state index in [1.165, 1.54) is 50.7 Å². The molecule has 0 atom stereocenters. The molecular formula is C67H89N10OS+7. The molecule has 0 fully saturated rings. The highest BCUT2D eigenvalue weighted by atomic mass is 32.1. The Morgan fingerprint density at radius 1 is 0.468 bits per heavy atom. The van der Waals surface area contributed by atoms with E-state index in [9.17, 15) is 0 Å². The quantitative estimate of drug-likeness (QED) is 0.140. The lowest BCUT2D eigenvalue weighted by molar-refractivity contribution is -0.674. The molecule has 0 saturated heterocycles. The number of rotatable bonds is 8. The van der Waals surface area contributed by atoms with Gasteiger partial charge in [-0.05, 0) is 54.0 Å². The maximum atomic E-state index is 4.68. The van der Waals surface area contributed by atoms with Crippen LogP contribution in [0.3, 0.4) is 0 Å². The summed E-state index contributed by atoms with van der Waals surface area (Å²) in [6, 6.07) is 40.3. The van der Waals surface area contributed by atoms with Gasteiger partial charge < -0.3 is 4.42 Å². The van der Waals surface area contributed by atoms with Gasteiger partial charge >= 0.3 is 6.39 Å². The summed E-state index contributed by atoms with van der Waals surface area (Å²) in [5.41, 5.74) is 12.8. The van der Waals surface area contributed by atoms with Gasteiger partial charge in [0, 0.05) is 40.8 Å². The third-order valence-electron chi connectivity index (χ3n) is 12.7. The molecule has 11 rings (SSSR count). The smallest absolute Gasteiger partial charge is 0.334 e. The summed E-state index contributed by atoms with van der Waals surface area (Å²) in [6.45, 7) is 18.1. The van der Waals surface area contributed by atoms with Crippen LogP contribution in [0.25, 0.3) is 28.5 Å². The number of aromatic nitrogens is 9. The lowest BCUT2D eigenvalue weighted by Crippen LogP contribution is -2.29. The Labute approximate surface area is 476 Å². The minimum Gasteiger partial charge on any atom is -0.412 e. The molecule has 79 heavy (non-hydrogen) atoms. The van der Waals surface area contributed by atoms with E-state index >= 15 is 0 Å². The number of imidazole rings is 3. The summed E-state index contributed by atoms with van der Waals surface area (Å²) in [5, 5.41) is 2.04. The fraction of sp³-hybridized carbons (Fsp3) is 0.299. The molecule has 7 heterocycles. The molecule has 0 radical (unpaired) electrons. The minimum atomic E-state index is 0.482. The van der Waals surface area contributed by atoms with Crippen molar-refractivity contribution < 1.29 is 36.4 Å². The molecule has 0 aliphatic carbocycles. The molecular weight excluding hydrogens is 993 g/mol. The van der Waals surface area contributed by atoms with Gasteiger partial charge in [-0.1, -0.05) is 146 Å². The molecule has 0 N–H and O–H groups in total. The predicted molar refractivity (Wildman–Crippen MR) is 322 cm³/mol. The van der Waals surface area contributed by atoms with Crippen LogP contribution >= 0.6 is 11.3 Å². The molecule has 0 unspecified atom stereocenters. The van der Waals surface area contributed by atoms with E-state index in [0.29, 0.717) is 23.7 Å². The maximum Gasteiger partial charge on any atom is 0.334 e. The zero-order chi connectivity index (χ0) is 57.3. The molecule has 0 saturated carbocycles. The summed E-state index contributed by atoms with van der Waals surface area (Å²) < 4.78 is 25.6. The third-order valence-corrected chi connectivity index (χ3v) is 13.5. The van der Waals surface area contributed by atoms with Gasteiger partial charge in [0.05, 0.1) is 32.1 Å². The van der Waals surface area contributed by atoms with E-state index in [0.717, 1.165) is 6.42 Å². The van der Waals surface area contributed by atoms with Crippen molar-refractivity contribution in [1.29, 1.82) is 0 Å². The van der Waals surface area contributed by atoms with E-state index in [1.54, 1.807) is 24.0 Å². The number of aryl methyl sites for hydroxylation is 6. The zero-order valence-corrected chi connectivity index (χ0v) is 50.6. The summed E-state index contributed by atoms with van der Waals surface area (Å²) in [6.07, 6.45) is 35.3. The van der Waals surface area contributed by atoms with Crippen molar-refractivity contribution >= 4 is 17.6 Å². The molecule has 0 amide bonds. The molecule has 6 aromatic heterocycles. The second-order valence-electron chi connectivity index (χ2n) is 20.9. The van der Waals surface area contributed by atoms with Crippen LogP contribution in [0, 0.1) is 0 Å². The van der Waals surface area contributed by atoms with Gasteiger partial charge in [0.15, 0.2) is 31.1 Å². The highest BCUT2D eigenvalue weighted by molar-refractivity contribution is 7.07. The molecule has 412 valence electrons. The average Bonchev–Trinajstić information content (AvgIpc) is 4.42. The van der Waals surface area contributed by atoms with Crippen molar-refractivity contribution in [3.8, 4) is 28.5 Å². The van der Waals surface area contributed by atoms with Gasteiger partial charge in [0.25, 0.3) is 5.82 Å². The number of benzene rings is 4. The highest BCUT2D eigenvalue weighted by Crippen LogP contribution is 2.34. The van der Waals surface area contributed by atoms with E-state index in [1.807, 2.05) is 144 Å². The van der Waals surface area contributed by atoms with Crippen LogP contribution in [0.1, 0.15) is 108 Å². The standard InChI is InChI=1S/C22H27N2.C16H23N2.C10H11N2.C6H8N.C5H8N.C4H6NO.C4H6NS/c1-16(2)19-12-9-13-20(17(3)4)21(19)24-15-14-23(5)22(24)18-10-7-6-8-11-18;1-12(2)14-7-6-8-15(13(3)4)16(14)18-10-9-17(5)11-18;1-11-7-8-12(9-11)10-5-3-2-4-6-10;1-7-5-3-2-4-6-7;1-6-4-2-3-5-6;2*1-5-2-3-6-4-5/h6-17H,1-5H3;6-13H,1-5H3;2-9H,1H3;2-6H,1H3;2,4-5H,3H2,1H3;2*2-4H,1H3/q7*+1. The second kappa shape index (κ2) is 32.0. The van der Waals surface area contributed by atoms with Gasteiger partial charge in [-0.25, -0.2) is 32.0 Å². The van der Waals surface area contributed by atoms with Crippen molar-refractivity contribution in [2.45, 2.75) is 85.5 Å². The lowest BCUT2D eigenvalue weighted by Gasteiger charge is -2.17. The van der Waals surface area contributed by atoms with E-state index in [4.69, 9.17) is 0 Å². The molecule has 0 bridgehead atoms. The largest absolute Gasteiger partial charge is 0.412 e. The first-order chi connectivity index (χ1) is 37.9. The number of hydrogen-bond acceptors (Lipinski definition) is 2. The maximum absolute atomic E-state index is 4.68. The summed E-state index contributed by atoms with van der Waals surface area (Å²) in [5.74, 6) is 3.24. The van der Waals surface area contributed by atoms with Crippen LogP contribution in [-0.4, -0.2) is 31.5 Å². The average molecular weight is 1080 g/mol. The Morgan fingerprint density at radius 2 is 0.987 bits per heavy atom. The number of nitrogens with zero attached hydrogens (tertiary/aromatic N) is 10. The molecule has 12 heteroatoms. The number of oxazole rings is 1. The van der Waals surface area contributed by atoms with Crippen molar-refractivity contribution in [3.63, 3.8) is 0 Å². The fourth-order valence-electron chi connectivity index (χ4n) is 8.57. The first kappa shape index (κ1) is 61.8. The first-order valence-corrected chi connectivity index (χ1v) is 28.3. The number of para-hydroxylation sites is 3. The molecule has 11 nitrogen and oxygen atoms in total. The summed E-state index contributed by atoms with van der Waals surface area (Å²) >= 11 is 1.70. The Kier molecular flexibility index (Phi) is 25.0. The lowest BCUT2D eigenvalue weighted by atomic mass is 9.92. The highest BCUT2D eigenvalue weighted by Gasteiger charge is 2.26. The third kappa shape index (κ3) is 19.7. The van der Waals surface area contributed by atoms with Gasteiger partial charge in [0.1, 0.15) is 88.6 Å². The molecule has 0 spiro atoms. The first-order valence-electron chi connectivity index (χ1n) is 27.3. The summed E-state index contributed by atoms with van der Waals surface area (Å²) in [7, 11) is 14.1. The predicted octanol–water partition coefficient (Wildman–Crippen LogP) is 11.9. The number of hydrogen-bond donors (Lipinski definition) is 0. The van der Waals surface area contributed by atoms with Crippen molar-refractivity contribution in [2.75, 3.05) is 7.05 Å². The van der Waals surface area contributed by atoms with Crippen molar-refractivity contribution in [1.82, 2.24) is 13.7 Å². The van der Waals surface area contributed by atoms with Crippen LogP contribution in [0.5, 0.6) is 0 Å². The van der Waals surface area contributed by atoms with Crippen LogP contribution < -0.4 is 27.4 Å². The fourth-order valence-corrected chi connectivity index (χ4v) is 9.16. The summed E-state index contributed by atoms with van der Waals surface area (Å²) in [4.78, 5) is 0. The normalized spacial score (nSPS) is 11.2. The van der Waals surface area contributed by atoms with Gasteiger partial charge in [-0.2, -0.15) is 13.7 Å². The SMILES string of the molecule is CC(C)c1cccc(C(C)C)c1-n1cc[n+](C)c1.CC(C)c1cccc(C(C)C)c1-n1cc[n+](C)c1-c1ccccc1.C[N+]1=CCC=C1.C[n+]1ccccc1.C[n+]1ccn(-c2ccccc2)c1.C[n+]1ccoc1.C[n+]1ccsc1. The van der Waals surface area contributed by atoms with Crippen LogP contribution in [0.4, 0.5) is 0 Å². The van der Waals surface area contributed by atoms with Crippen molar-refractivity contribution in [2.24, 2.45) is 42.3 Å². The Balaban J connectivity index is 0.000000183. The number of pyridine rings is 1. The van der Waals surface area contributed by atoms with E-state index in [2.05, 4.69) is 230 Å². The molecule has 1 aliphatic rings. The molecule has 4 aromatic carbocycles. The van der Waals surface area contributed by atoms with Gasteiger partial charge in [-0.15, -0.1) is 0 Å². The minimum absolute atomic E-state index is 0.482. The number of allylic oxidation sites excluding steroid dienone is 1. The van der Waals surface area contributed by atoms with Crippen molar-refractivity contribution in [3.05, 3.63) is 248 Å². The Bertz CT molecular complexity index is 3240. The Hall–Kier alpha value is -8.09. The Morgan fingerprint density at radius 3 is 1.34 bits per heavy atom. The van der Waals surface area contributed by atoms with Crippen LogP contribution in [0.2, 0.25) is 0 Å². The zero-order valence-electron chi connectivity index (χ0n) is 49.7. The molecule has 10 aromatic rings. The topological polar surface area (TPSA) is 54.2 Å². The van der Waals surface area contributed by atoms with Crippen LogP contribution in [-0.2, 0) is 42.3 Å². The van der Waals surface area contributed by atoms with E-state index in [-0.39, 0.29) is 0 Å². The van der Waals surface area contributed by atoms with Gasteiger partial charge in [-0.3, -0.25) is 0 Å².